The molecule has 2 aromatic heterocycles. The van der Waals surface area contributed by atoms with Gasteiger partial charge in [0.2, 0.25) is 17.6 Å². The van der Waals surface area contributed by atoms with E-state index in [1.165, 1.54) is 24.6 Å². The van der Waals surface area contributed by atoms with Crippen LogP contribution in [0.3, 0.4) is 0 Å². The largest absolute Gasteiger partial charge is 0.477 e. The number of carbonyl (C=O) groups is 1. The molecular formula is C40H36N3O7S+. The average Bonchev–Trinajstić information content (AvgIpc) is 3.59. The third-order valence-corrected chi connectivity index (χ3v) is 8.68. The van der Waals surface area contributed by atoms with Crippen molar-refractivity contribution >= 4 is 23.0 Å². The van der Waals surface area contributed by atoms with Crippen LogP contribution in [0.25, 0.3) is 0 Å². The number of benzene rings is 4. The van der Waals surface area contributed by atoms with E-state index in [0.717, 1.165) is 27.0 Å². The van der Waals surface area contributed by atoms with Gasteiger partial charge in [-0.3, -0.25) is 5.21 Å². The first kappa shape index (κ1) is 34.8. The summed E-state index contributed by atoms with van der Waals surface area (Å²) in [5.74, 6) is -0.797. The second-order valence-electron chi connectivity index (χ2n) is 11.5. The van der Waals surface area contributed by atoms with Gasteiger partial charge in [0.25, 0.3) is 11.9 Å². The standard InChI is InChI=1S/C40H35N3O7S/c1-27-41-32(26-51-27)37(40(44)45)42-50-36(25-47-2)33-23-34(48-38(28-15-7-3-8-16-28)29-17-9-4-10-18-29)35(24-43(33)46)49-39(30-19-11-5-12-20-30)31-21-13-6-14-22-31/h3-24,26,36,38-39H,25H2,1-2H3,(H-,44,45,46)/p+1/b42-37-. The van der Waals surface area contributed by atoms with Crippen LogP contribution >= 0.6 is 11.3 Å². The summed E-state index contributed by atoms with van der Waals surface area (Å²) in [7, 11) is 1.46. The quantitative estimate of drug-likeness (QED) is 0.0488. The number of oxime groups is 1. The van der Waals surface area contributed by atoms with Crippen LogP contribution in [0.1, 0.15) is 57.0 Å². The van der Waals surface area contributed by atoms with E-state index in [0.29, 0.717) is 5.01 Å². The van der Waals surface area contributed by atoms with Crippen LogP contribution in [0.4, 0.5) is 0 Å². The first-order chi connectivity index (χ1) is 24.9. The highest BCUT2D eigenvalue weighted by Crippen LogP contribution is 2.39. The number of pyridine rings is 1. The number of ether oxygens (including phenoxy) is 3. The highest BCUT2D eigenvalue weighted by molar-refractivity contribution is 7.09. The molecule has 6 aromatic rings. The van der Waals surface area contributed by atoms with Crippen LogP contribution in [0.2, 0.25) is 0 Å². The maximum Gasteiger partial charge on any atom is 0.360 e. The lowest BCUT2D eigenvalue weighted by atomic mass is 10.0. The molecule has 2 heterocycles. The van der Waals surface area contributed by atoms with E-state index in [9.17, 15) is 15.1 Å². The molecular weight excluding hydrogens is 667 g/mol. The summed E-state index contributed by atoms with van der Waals surface area (Å²) in [4.78, 5) is 22.2. The molecule has 0 saturated carbocycles. The zero-order chi connectivity index (χ0) is 35.6. The van der Waals surface area contributed by atoms with E-state index in [1.807, 2.05) is 121 Å². The smallest absolute Gasteiger partial charge is 0.360 e. The number of methoxy groups -OCH3 is 1. The van der Waals surface area contributed by atoms with Gasteiger partial charge in [0.05, 0.1) is 17.7 Å². The van der Waals surface area contributed by atoms with Gasteiger partial charge in [0.15, 0.2) is 5.75 Å². The summed E-state index contributed by atoms with van der Waals surface area (Å²) in [6.07, 6.45) is -0.816. The number of rotatable bonds is 15. The molecule has 0 aliphatic carbocycles. The number of hydrogen-bond donors (Lipinski definition) is 2. The minimum absolute atomic E-state index is 0.0931. The monoisotopic (exact) mass is 702 g/mol. The normalized spacial score (nSPS) is 12.1. The molecule has 0 aliphatic heterocycles. The lowest BCUT2D eigenvalue weighted by Gasteiger charge is -2.24. The van der Waals surface area contributed by atoms with Gasteiger partial charge in [-0.25, -0.2) is 9.78 Å². The number of thiazole rings is 1. The molecule has 0 saturated heterocycles. The Morgan fingerprint density at radius 3 is 1.67 bits per heavy atom. The lowest BCUT2D eigenvalue weighted by molar-refractivity contribution is -0.911. The number of aromatic nitrogens is 2. The molecule has 2 N–H and O–H groups in total. The van der Waals surface area contributed by atoms with Crippen molar-refractivity contribution in [3.8, 4) is 11.5 Å². The van der Waals surface area contributed by atoms with Gasteiger partial charge in [0, 0.05) is 17.2 Å². The van der Waals surface area contributed by atoms with Crippen molar-refractivity contribution < 1.29 is 38.9 Å². The first-order valence-corrected chi connectivity index (χ1v) is 17.0. The Morgan fingerprint density at radius 1 is 0.784 bits per heavy atom. The molecule has 51 heavy (non-hydrogen) atoms. The van der Waals surface area contributed by atoms with Gasteiger partial charge in [-0.1, -0.05) is 126 Å². The number of aryl methyl sites for hydroxylation is 1. The number of nitrogens with zero attached hydrogens (tertiary/aromatic N) is 3. The Bertz CT molecular complexity index is 1980. The molecule has 0 spiro atoms. The summed E-state index contributed by atoms with van der Waals surface area (Å²) in [5.41, 5.74) is 3.49. The van der Waals surface area contributed by atoms with Crippen LogP contribution in [0, 0.1) is 6.92 Å². The van der Waals surface area contributed by atoms with Crippen LogP contribution in [0.15, 0.2) is 144 Å². The van der Waals surface area contributed by atoms with Crippen LogP contribution in [0.5, 0.6) is 11.5 Å². The fourth-order valence-corrected chi connectivity index (χ4v) is 6.07. The first-order valence-electron chi connectivity index (χ1n) is 16.1. The van der Waals surface area contributed by atoms with Crippen molar-refractivity contribution in [3.63, 3.8) is 0 Å². The fraction of sp³-hybridized carbons (Fsp3) is 0.150. The molecule has 10 nitrogen and oxygen atoms in total. The zero-order valence-electron chi connectivity index (χ0n) is 27.9. The van der Waals surface area contributed by atoms with Crippen molar-refractivity contribution in [2.24, 2.45) is 5.16 Å². The average molecular weight is 703 g/mol. The topological polar surface area (TPSA) is 124 Å². The summed E-state index contributed by atoms with van der Waals surface area (Å²) in [6, 6.07) is 40.6. The van der Waals surface area contributed by atoms with Gasteiger partial charge in [-0.05, 0) is 29.2 Å². The van der Waals surface area contributed by atoms with Crippen molar-refractivity contribution in [2.75, 3.05) is 13.7 Å². The number of hydrogen-bond acceptors (Lipinski definition) is 9. The predicted octanol–water partition coefficient (Wildman–Crippen LogP) is 7.51. The Hall–Kier alpha value is -6.04. The van der Waals surface area contributed by atoms with Crippen molar-refractivity contribution in [1.82, 2.24) is 4.98 Å². The Kier molecular flexibility index (Phi) is 11.3. The van der Waals surface area contributed by atoms with Crippen LogP contribution < -0.4 is 14.2 Å². The lowest BCUT2D eigenvalue weighted by Crippen LogP contribution is -2.38. The number of aliphatic carboxylic acids is 1. The summed E-state index contributed by atoms with van der Waals surface area (Å²) >= 11 is 1.29. The highest BCUT2D eigenvalue weighted by atomic mass is 32.1. The van der Waals surface area contributed by atoms with Gasteiger partial charge >= 0.3 is 5.97 Å². The SMILES string of the molecule is COCC(O/N=C(\C(=O)O)c1csc(C)n1)c1cc(OC(c2ccccc2)c2ccccc2)c(OC(c2ccccc2)c2ccccc2)c[n+]1O. The minimum atomic E-state index is -1.32. The van der Waals surface area contributed by atoms with Gasteiger partial charge in [0.1, 0.15) is 17.9 Å². The Labute approximate surface area is 299 Å². The minimum Gasteiger partial charge on any atom is -0.477 e. The highest BCUT2D eigenvalue weighted by Gasteiger charge is 2.33. The van der Waals surface area contributed by atoms with Crippen molar-refractivity contribution in [1.29, 1.82) is 0 Å². The summed E-state index contributed by atoms with van der Waals surface area (Å²) < 4.78 is 19.9. The Balaban J connectivity index is 1.47. The van der Waals surface area contributed by atoms with E-state index < -0.39 is 24.3 Å². The molecule has 1 unspecified atom stereocenters. The summed E-state index contributed by atoms with van der Waals surface area (Å²) in [6.45, 7) is 1.67. The zero-order valence-corrected chi connectivity index (χ0v) is 28.7. The second-order valence-corrected chi connectivity index (χ2v) is 12.5. The van der Waals surface area contributed by atoms with E-state index in [2.05, 4.69) is 10.1 Å². The summed E-state index contributed by atoms with van der Waals surface area (Å²) in [5, 5.41) is 27.6. The van der Waals surface area contributed by atoms with E-state index >= 15 is 0 Å². The molecule has 4 aromatic carbocycles. The molecule has 0 amide bonds. The third-order valence-electron chi connectivity index (χ3n) is 7.91. The third kappa shape index (κ3) is 8.58. The molecule has 11 heteroatoms. The van der Waals surface area contributed by atoms with Crippen molar-refractivity contribution in [3.05, 3.63) is 178 Å². The number of carboxylic acid groups (broad SMARTS) is 1. The van der Waals surface area contributed by atoms with E-state index in [1.54, 1.807) is 18.4 Å². The molecule has 1 atom stereocenters. The van der Waals surface area contributed by atoms with Crippen molar-refractivity contribution in [2.45, 2.75) is 25.2 Å². The maximum absolute atomic E-state index is 12.1. The fourth-order valence-electron chi connectivity index (χ4n) is 5.47. The van der Waals surface area contributed by atoms with Gasteiger partial charge in [-0.2, -0.15) is 0 Å². The second kappa shape index (κ2) is 16.6. The molecule has 0 fully saturated rings. The van der Waals surface area contributed by atoms with Gasteiger partial charge in [-0.15, -0.1) is 11.3 Å². The predicted molar refractivity (Wildman–Crippen MR) is 191 cm³/mol. The van der Waals surface area contributed by atoms with E-state index in [4.69, 9.17) is 19.0 Å². The maximum atomic E-state index is 12.1. The van der Waals surface area contributed by atoms with E-state index in [-0.39, 0.29) is 35.2 Å². The molecule has 258 valence electrons. The van der Waals surface area contributed by atoms with Crippen LogP contribution in [-0.4, -0.2) is 40.7 Å². The molecule has 6 rings (SSSR count). The Morgan fingerprint density at radius 2 is 1.25 bits per heavy atom. The molecule has 0 aliphatic rings. The molecule has 0 bridgehead atoms. The van der Waals surface area contributed by atoms with Gasteiger partial charge < -0.3 is 24.2 Å². The van der Waals surface area contributed by atoms with Crippen LogP contribution in [-0.2, 0) is 14.4 Å². The number of carboxylic acids is 1. The molecule has 0 radical (unpaired) electrons.